The molecule has 1 unspecified atom stereocenters. The van der Waals surface area contributed by atoms with Crippen LogP contribution in [0.15, 0.2) is 10.9 Å². The van der Waals surface area contributed by atoms with Gasteiger partial charge in [-0.05, 0) is 38.6 Å². The molecule has 1 atom stereocenters. The summed E-state index contributed by atoms with van der Waals surface area (Å²) in [5.41, 5.74) is 0.956. The third-order valence-corrected chi connectivity index (χ3v) is 3.78. The van der Waals surface area contributed by atoms with Crippen molar-refractivity contribution < 1.29 is 0 Å². The molecule has 3 rings (SSSR count). The number of hydrogen-bond acceptors (Lipinski definition) is 3. The predicted molar refractivity (Wildman–Crippen MR) is 66.1 cm³/mol. The number of aryl methyl sites for hydroxylation is 1. The van der Waals surface area contributed by atoms with E-state index in [1.54, 1.807) is 6.07 Å². The van der Waals surface area contributed by atoms with Gasteiger partial charge in [0.05, 0.1) is 5.69 Å². The van der Waals surface area contributed by atoms with Gasteiger partial charge in [-0.3, -0.25) is 4.79 Å². The van der Waals surface area contributed by atoms with Crippen molar-refractivity contribution in [1.82, 2.24) is 14.9 Å². The van der Waals surface area contributed by atoms with E-state index in [0.717, 1.165) is 36.9 Å². The summed E-state index contributed by atoms with van der Waals surface area (Å²) in [6, 6.07) is 1.66. The van der Waals surface area contributed by atoms with E-state index in [1.165, 1.54) is 19.4 Å². The Hall–Kier alpha value is -1.16. The maximum absolute atomic E-state index is 11.4. The lowest BCUT2D eigenvalue weighted by Gasteiger charge is -2.15. The van der Waals surface area contributed by atoms with Crippen molar-refractivity contribution in [3.63, 3.8) is 0 Å². The summed E-state index contributed by atoms with van der Waals surface area (Å²) in [6.45, 7) is 5.33. The molecule has 4 heteroatoms. The van der Waals surface area contributed by atoms with Gasteiger partial charge in [0.25, 0.3) is 5.56 Å². The molecular formula is C13H19N3O. The lowest BCUT2D eigenvalue weighted by atomic mass is 10.0. The van der Waals surface area contributed by atoms with E-state index in [-0.39, 0.29) is 5.56 Å². The van der Waals surface area contributed by atoms with Gasteiger partial charge in [-0.25, -0.2) is 4.98 Å². The van der Waals surface area contributed by atoms with E-state index in [1.807, 2.05) is 6.92 Å². The molecule has 0 bridgehead atoms. The SMILES string of the molecule is Cc1nc(C2CCN(CC3CC3)C2)cc(=O)[nH]1. The van der Waals surface area contributed by atoms with Gasteiger partial charge in [-0.15, -0.1) is 0 Å². The van der Waals surface area contributed by atoms with Gasteiger partial charge in [0.1, 0.15) is 5.82 Å². The van der Waals surface area contributed by atoms with Crippen molar-refractivity contribution in [3.8, 4) is 0 Å². The van der Waals surface area contributed by atoms with Crippen LogP contribution >= 0.6 is 0 Å². The van der Waals surface area contributed by atoms with Crippen LogP contribution in [0.1, 0.15) is 36.7 Å². The maximum atomic E-state index is 11.4. The van der Waals surface area contributed by atoms with Crippen molar-refractivity contribution >= 4 is 0 Å². The molecule has 0 amide bonds. The number of nitrogens with one attached hydrogen (secondary N) is 1. The zero-order valence-corrected chi connectivity index (χ0v) is 10.3. The summed E-state index contributed by atoms with van der Waals surface area (Å²) in [5, 5.41) is 0. The number of rotatable bonds is 3. The molecule has 1 saturated carbocycles. The first kappa shape index (κ1) is 11.0. The molecule has 1 aliphatic carbocycles. The number of hydrogen-bond donors (Lipinski definition) is 1. The standard InChI is InChI=1S/C13H19N3O/c1-9-14-12(6-13(17)15-9)11-4-5-16(8-11)7-10-2-3-10/h6,10-11H,2-5,7-8H2,1H3,(H,14,15,17). The molecule has 1 saturated heterocycles. The van der Waals surface area contributed by atoms with Crippen LogP contribution < -0.4 is 5.56 Å². The average Bonchev–Trinajstić information content (AvgIpc) is 2.93. The molecule has 0 spiro atoms. The minimum Gasteiger partial charge on any atom is -0.311 e. The van der Waals surface area contributed by atoms with Crippen LogP contribution in [0.25, 0.3) is 0 Å². The second kappa shape index (κ2) is 4.26. The Kier molecular flexibility index (Phi) is 2.74. The fraction of sp³-hybridized carbons (Fsp3) is 0.692. The molecule has 4 nitrogen and oxygen atoms in total. The van der Waals surface area contributed by atoms with Crippen LogP contribution in [0.3, 0.4) is 0 Å². The molecule has 1 aromatic rings. The highest BCUT2D eigenvalue weighted by molar-refractivity contribution is 5.11. The molecule has 2 fully saturated rings. The number of aromatic amines is 1. The van der Waals surface area contributed by atoms with Crippen molar-refractivity contribution in [2.24, 2.45) is 5.92 Å². The topological polar surface area (TPSA) is 49.0 Å². The van der Waals surface area contributed by atoms with Crippen LogP contribution in [0.2, 0.25) is 0 Å². The second-order valence-electron chi connectivity index (χ2n) is 5.44. The normalized spacial score (nSPS) is 25.4. The van der Waals surface area contributed by atoms with E-state index < -0.39 is 0 Å². The van der Waals surface area contributed by atoms with E-state index >= 15 is 0 Å². The molecule has 2 heterocycles. The first-order valence-corrected chi connectivity index (χ1v) is 6.51. The lowest BCUT2D eigenvalue weighted by molar-refractivity contribution is 0.320. The second-order valence-corrected chi connectivity index (χ2v) is 5.44. The van der Waals surface area contributed by atoms with Gasteiger partial charge >= 0.3 is 0 Å². The van der Waals surface area contributed by atoms with Crippen molar-refractivity contribution in [1.29, 1.82) is 0 Å². The third kappa shape index (κ3) is 2.57. The largest absolute Gasteiger partial charge is 0.311 e. The Bertz CT molecular complexity index is 464. The Balaban J connectivity index is 1.70. The Labute approximate surface area is 101 Å². The van der Waals surface area contributed by atoms with Gasteiger partial charge in [-0.1, -0.05) is 0 Å². The highest BCUT2D eigenvalue weighted by Crippen LogP contribution is 2.33. The van der Waals surface area contributed by atoms with Crippen molar-refractivity contribution in [2.75, 3.05) is 19.6 Å². The summed E-state index contributed by atoms with van der Waals surface area (Å²) in [5.74, 6) is 2.13. The highest BCUT2D eigenvalue weighted by Gasteiger charge is 2.30. The number of aromatic nitrogens is 2. The Morgan fingerprint density at radius 2 is 2.29 bits per heavy atom. The predicted octanol–water partition coefficient (Wildman–Crippen LogP) is 1.28. The quantitative estimate of drug-likeness (QED) is 0.855. The van der Waals surface area contributed by atoms with E-state index in [4.69, 9.17) is 0 Å². The average molecular weight is 233 g/mol. The van der Waals surface area contributed by atoms with Gasteiger partial charge in [0.2, 0.25) is 0 Å². The molecule has 0 aromatic carbocycles. The molecule has 2 aliphatic rings. The van der Waals surface area contributed by atoms with Crippen LogP contribution in [0.4, 0.5) is 0 Å². The lowest BCUT2D eigenvalue weighted by Crippen LogP contribution is -2.23. The summed E-state index contributed by atoms with van der Waals surface area (Å²) >= 11 is 0. The molecule has 0 radical (unpaired) electrons. The monoisotopic (exact) mass is 233 g/mol. The summed E-state index contributed by atoms with van der Waals surface area (Å²) in [4.78, 5) is 21.1. The summed E-state index contributed by atoms with van der Waals surface area (Å²) < 4.78 is 0. The minimum atomic E-state index is -0.0202. The number of nitrogens with zero attached hydrogens (tertiary/aromatic N) is 2. The van der Waals surface area contributed by atoms with Crippen molar-refractivity contribution in [2.45, 2.75) is 32.1 Å². The first-order valence-electron chi connectivity index (χ1n) is 6.51. The fourth-order valence-electron chi connectivity index (χ4n) is 2.72. The summed E-state index contributed by atoms with van der Waals surface area (Å²) in [6.07, 6.45) is 3.95. The maximum Gasteiger partial charge on any atom is 0.251 e. The molecule has 1 aliphatic heterocycles. The smallest absolute Gasteiger partial charge is 0.251 e. The van der Waals surface area contributed by atoms with E-state index in [0.29, 0.717) is 5.92 Å². The van der Waals surface area contributed by atoms with Crippen LogP contribution in [0.5, 0.6) is 0 Å². The van der Waals surface area contributed by atoms with Crippen LogP contribution in [0, 0.1) is 12.8 Å². The van der Waals surface area contributed by atoms with Crippen LogP contribution in [-0.2, 0) is 0 Å². The Morgan fingerprint density at radius 1 is 1.47 bits per heavy atom. The van der Waals surface area contributed by atoms with Gasteiger partial charge in [0, 0.05) is 25.1 Å². The van der Waals surface area contributed by atoms with Crippen LogP contribution in [-0.4, -0.2) is 34.5 Å². The number of H-pyrrole nitrogens is 1. The van der Waals surface area contributed by atoms with Gasteiger partial charge in [0.15, 0.2) is 0 Å². The first-order chi connectivity index (χ1) is 8.20. The third-order valence-electron chi connectivity index (χ3n) is 3.78. The van der Waals surface area contributed by atoms with E-state index in [9.17, 15) is 4.79 Å². The fourth-order valence-corrected chi connectivity index (χ4v) is 2.72. The van der Waals surface area contributed by atoms with Crippen molar-refractivity contribution in [3.05, 3.63) is 27.9 Å². The highest BCUT2D eigenvalue weighted by atomic mass is 16.1. The zero-order valence-electron chi connectivity index (χ0n) is 10.3. The Morgan fingerprint density at radius 3 is 3.00 bits per heavy atom. The van der Waals surface area contributed by atoms with Gasteiger partial charge < -0.3 is 9.88 Å². The molecule has 92 valence electrons. The molecule has 1 aromatic heterocycles. The minimum absolute atomic E-state index is 0.0202. The summed E-state index contributed by atoms with van der Waals surface area (Å²) in [7, 11) is 0. The van der Waals surface area contributed by atoms with E-state index in [2.05, 4.69) is 14.9 Å². The molecule has 17 heavy (non-hydrogen) atoms. The number of likely N-dealkylation sites (tertiary alicyclic amines) is 1. The molecular weight excluding hydrogens is 214 g/mol. The van der Waals surface area contributed by atoms with Gasteiger partial charge in [-0.2, -0.15) is 0 Å². The molecule has 1 N–H and O–H groups in total. The zero-order chi connectivity index (χ0) is 11.8.